The molecule has 1 N–H and O–H groups in total. The lowest BCUT2D eigenvalue weighted by Gasteiger charge is -2.36. The van der Waals surface area contributed by atoms with Crippen molar-refractivity contribution in [3.05, 3.63) is 24.0 Å². The molecule has 0 aliphatic heterocycles. The summed E-state index contributed by atoms with van der Waals surface area (Å²) in [6, 6.07) is 4.62. The second-order valence-electron chi connectivity index (χ2n) is 9.48. The number of anilines is 1. The number of hydrogen-bond acceptors (Lipinski definition) is 3. The van der Waals surface area contributed by atoms with Gasteiger partial charge >= 0.3 is 0 Å². The average molecular weight is 408 g/mol. The number of carbonyl (C=O) groups excluding carboxylic acids is 2. The van der Waals surface area contributed by atoms with Gasteiger partial charge in [-0.05, 0) is 55.5 Å². The highest BCUT2D eigenvalue weighted by atomic mass is 32.2. The highest BCUT2D eigenvalue weighted by Gasteiger charge is 2.39. The molecule has 1 saturated carbocycles. The lowest BCUT2D eigenvalue weighted by Crippen LogP contribution is -2.38. The van der Waals surface area contributed by atoms with Crippen molar-refractivity contribution in [2.24, 2.45) is 16.7 Å². The average Bonchev–Trinajstić information content (AvgIpc) is 2.62. The van der Waals surface area contributed by atoms with E-state index in [-0.39, 0.29) is 16.7 Å². The third-order valence-corrected chi connectivity index (χ3v) is 6.88. The quantitative estimate of drug-likeness (QED) is 0.527. The molecule has 2 rings (SSSR count). The molecular weight excluding hydrogens is 373 g/mol. The first-order valence-corrected chi connectivity index (χ1v) is 11.2. The molecule has 1 fully saturated rings. The van der Waals surface area contributed by atoms with E-state index >= 15 is 0 Å². The first-order chi connectivity index (χ1) is 13.0. The van der Waals surface area contributed by atoms with Crippen LogP contribution in [-0.4, -0.2) is 11.0 Å². The highest BCUT2D eigenvalue weighted by molar-refractivity contribution is 8.13. The number of para-hydroxylation sites is 1. The van der Waals surface area contributed by atoms with Crippen molar-refractivity contribution in [1.82, 2.24) is 0 Å². The molecule has 1 aliphatic rings. The van der Waals surface area contributed by atoms with Crippen LogP contribution in [0, 0.1) is 22.6 Å². The molecular formula is C23H34FNO2S. The zero-order valence-corrected chi connectivity index (χ0v) is 18.7. The van der Waals surface area contributed by atoms with Crippen LogP contribution in [0.1, 0.15) is 79.6 Å². The van der Waals surface area contributed by atoms with Crippen molar-refractivity contribution < 1.29 is 14.0 Å². The minimum atomic E-state index is -0.542. The van der Waals surface area contributed by atoms with Crippen LogP contribution < -0.4 is 5.32 Å². The summed E-state index contributed by atoms with van der Waals surface area (Å²) in [6.07, 6.45) is 6.73. The molecule has 1 aliphatic carbocycles. The lowest BCUT2D eigenvalue weighted by atomic mass is 9.69. The van der Waals surface area contributed by atoms with Crippen LogP contribution in [0.5, 0.6) is 0 Å². The van der Waals surface area contributed by atoms with Crippen molar-refractivity contribution in [3.8, 4) is 0 Å². The topological polar surface area (TPSA) is 46.2 Å². The molecule has 156 valence electrons. The molecule has 1 amide bonds. The van der Waals surface area contributed by atoms with Gasteiger partial charge in [-0.25, -0.2) is 4.39 Å². The summed E-state index contributed by atoms with van der Waals surface area (Å²) < 4.78 is 14.6. The van der Waals surface area contributed by atoms with Gasteiger partial charge in [0.1, 0.15) is 5.82 Å². The second-order valence-corrected chi connectivity index (χ2v) is 10.5. The van der Waals surface area contributed by atoms with E-state index in [1.807, 2.05) is 20.8 Å². The molecule has 28 heavy (non-hydrogen) atoms. The van der Waals surface area contributed by atoms with Crippen molar-refractivity contribution in [2.75, 3.05) is 5.32 Å². The van der Waals surface area contributed by atoms with Gasteiger partial charge in [-0.2, -0.15) is 0 Å². The highest BCUT2D eigenvalue weighted by Crippen LogP contribution is 2.43. The number of benzene rings is 1. The fourth-order valence-electron chi connectivity index (χ4n) is 3.59. The monoisotopic (exact) mass is 407 g/mol. The molecule has 1 aromatic rings. The van der Waals surface area contributed by atoms with Crippen molar-refractivity contribution >= 4 is 28.5 Å². The molecule has 0 heterocycles. The van der Waals surface area contributed by atoms with Crippen LogP contribution in [-0.2, 0) is 9.59 Å². The van der Waals surface area contributed by atoms with E-state index in [1.165, 1.54) is 6.07 Å². The molecule has 3 nitrogen and oxygen atoms in total. The maximum Gasteiger partial charge on any atom is 0.230 e. The summed E-state index contributed by atoms with van der Waals surface area (Å²) in [5.74, 6) is -0.0616. The third kappa shape index (κ3) is 5.82. The van der Waals surface area contributed by atoms with E-state index in [2.05, 4.69) is 19.2 Å². The van der Waals surface area contributed by atoms with E-state index in [1.54, 1.807) is 12.1 Å². The largest absolute Gasteiger partial charge is 0.322 e. The number of carbonyl (C=O) groups is 2. The number of halogens is 1. The van der Waals surface area contributed by atoms with Crippen molar-refractivity contribution in [1.29, 1.82) is 0 Å². The molecule has 0 atom stereocenters. The first kappa shape index (κ1) is 22.9. The van der Waals surface area contributed by atoms with Gasteiger partial charge in [-0.3, -0.25) is 9.59 Å². The molecule has 0 bridgehead atoms. The predicted molar refractivity (Wildman–Crippen MR) is 115 cm³/mol. The Morgan fingerprint density at radius 1 is 1.18 bits per heavy atom. The van der Waals surface area contributed by atoms with Gasteiger partial charge in [0.05, 0.1) is 5.69 Å². The predicted octanol–water partition coefficient (Wildman–Crippen LogP) is 6.82. The van der Waals surface area contributed by atoms with Crippen LogP contribution in [0.3, 0.4) is 0 Å². The normalized spacial score (nSPS) is 16.8. The molecule has 0 aromatic heterocycles. The minimum Gasteiger partial charge on any atom is -0.322 e. The fraction of sp³-hybridized carbons (Fsp3) is 0.652. The second kappa shape index (κ2) is 9.43. The maximum absolute atomic E-state index is 14.6. The Morgan fingerprint density at radius 3 is 2.39 bits per heavy atom. The number of thioether (sulfide) groups is 1. The molecule has 0 radical (unpaired) electrons. The number of rotatable bonds is 6. The van der Waals surface area contributed by atoms with Crippen LogP contribution >= 0.6 is 11.8 Å². The Bertz CT molecular complexity index is 703. The summed E-state index contributed by atoms with van der Waals surface area (Å²) >= 11 is 1.00. The van der Waals surface area contributed by atoms with Gasteiger partial charge in [-0.15, -0.1) is 0 Å². The van der Waals surface area contributed by atoms with Crippen LogP contribution in [0.2, 0.25) is 0 Å². The van der Waals surface area contributed by atoms with Gasteiger partial charge in [0.15, 0.2) is 5.12 Å². The number of amides is 1. The van der Waals surface area contributed by atoms with E-state index in [0.717, 1.165) is 56.7 Å². The first-order valence-electron chi connectivity index (χ1n) is 10.4. The van der Waals surface area contributed by atoms with Crippen molar-refractivity contribution in [3.63, 3.8) is 0 Å². The summed E-state index contributed by atoms with van der Waals surface area (Å²) in [7, 11) is 0. The Balaban J connectivity index is 2.27. The van der Waals surface area contributed by atoms with Gasteiger partial charge in [0.2, 0.25) is 5.91 Å². The van der Waals surface area contributed by atoms with Crippen molar-refractivity contribution in [2.45, 2.75) is 84.5 Å². The Kier molecular flexibility index (Phi) is 7.72. The standard InChI is InChI=1S/C23H34FNO2S/c1-16(2)12-15-23(13-7-6-8-14-23)20(26)25-19-17(24)10-9-11-18(19)28-21(27)22(3,4)5/h9-11,16H,6-8,12-15H2,1-5H3,(H,25,26). The van der Waals surface area contributed by atoms with E-state index < -0.39 is 16.6 Å². The zero-order valence-electron chi connectivity index (χ0n) is 17.9. The lowest BCUT2D eigenvalue weighted by molar-refractivity contribution is -0.128. The SMILES string of the molecule is CC(C)CCC1(C(=O)Nc2c(F)cccc2SC(=O)C(C)(C)C)CCCCC1. The molecule has 1 aromatic carbocycles. The third-order valence-electron chi connectivity index (χ3n) is 5.52. The van der Waals surface area contributed by atoms with Crippen LogP contribution in [0.25, 0.3) is 0 Å². The Hall–Kier alpha value is -1.36. The summed E-state index contributed by atoms with van der Waals surface area (Å²) in [6.45, 7) is 9.84. The van der Waals surface area contributed by atoms with Gasteiger partial charge in [0, 0.05) is 15.7 Å². The smallest absolute Gasteiger partial charge is 0.230 e. The van der Waals surface area contributed by atoms with Gasteiger partial charge in [0.25, 0.3) is 0 Å². The molecule has 0 spiro atoms. The summed E-state index contributed by atoms with van der Waals surface area (Å²) in [5, 5.41) is 2.83. The van der Waals surface area contributed by atoms with Crippen LogP contribution in [0.15, 0.2) is 23.1 Å². The Morgan fingerprint density at radius 2 is 1.82 bits per heavy atom. The molecule has 5 heteroatoms. The van der Waals surface area contributed by atoms with E-state index in [4.69, 9.17) is 0 Å². The van der Waals surface area contributed by atoms with Crippen LogP contribution in [0.4, 0.5) is 10.1 Å². The molecule has 0 saturated heterocycles. The number of nitrogens with one attached hydrogen (secondary N) is 1. The molecule has 0 unspecified atom stereocenters. The van der Waals surface area contributed by atoms with E-state index in [0.29, 0.717) is 10.8 Å². The summed E-state index contributed by atoms with van der Waals surface area (Å²) in [4.78, 5) is 26.2. The fourth-order valence-corrected chi connectivity index (χ4v) is 4.50. The summed E-state index contributed by atoms with van der Waals surface area (Å²) in [5.41, 5.74) is -0.828. The Labute approximate surface area is 173 Å². The van der Waals surface area contributed by atoms with Gasteiger partial charge < -0.3 is 5.32 Å². The maximum atomic E-state index is 14.6. The zero-order chi connectivity index (χ0) is 20.9. The minimum absolute atomic E-state index is 0.0548. The van der Waals surface area contributed by atoms with E-state index in [9.17, 15) is 14.0 Å². The number of hydrogen-bond donors (Lipinski definition) is 1. The van der Waals surface area contributed by atoms with Gasteiger partial charge in [-0.1, -0.05) is 59.9 Å².